The van der Waals surface area contributed by atoms with Crippen molar-refractivity contribution in [3.63, 3.8) is 0 Å². The van der Waals surface area contributed by atoms with Crippen molar-refractivity contribution in [2.45, 2.75) is 12.7 Å². The first-order valence-electron chi connectivity index (χ1n) is 9.77. The lowest BCUT2D eigenvalue weighted by atomic mass is 10.1. The van der Waals surface area contributed by atoms with Crippen LogP contribution in [0.4, 0.5) is 30.2 Å². The maximum absolute atomic E-state index is 13.1. The highest BCUT2D eigenvalue weighted by Gasteiger charge is 2.39. The highest BCUT2D eigenvalue weighted by Crippen LogP contribution is 2.43. The number of nitrogens with zero attached hydrogens (tertiary/aromatic N) is 4. The molecule has 1 aliphatic rings. The first-order valence-corrected chi connectivity index (χ1v) is 9.77. The third kappa shape index (κ3) is 5.25. The number of ether oxygens (including phenoxy) is 2. The molecule has 1 fully saturated rings. The van der Waals surface area contributed by atoms with Gasteiger partial charge in [-0.05, 0) is 18.2 Å². The maximum Gasteiger partial charge on any atom is 0.416 e. The summed E-state index contributed by atoms with van der Waals surface area (Å²) >= 11 is 0. The van der Waals surface area contributed by atoms with E-state index in [9.17, 15) is 33.4 Å². The fourth-order valence-corrected chi connectivity index (χ4v) is 3.75. The van der Waals surface area contributed by atoms with Gasteiger partial charge in [0.05, 0.1) is 29.6 Å². The Kier molecular flexibility index (Phi) is 6.91. The second kappa shape index (κ2) is 9.48. The Hall–Kier alpha value is -3.61. The second-order valence-corrected chi connectivity index (χ2v) is 7.32. The van der Waals surface area contributed by atoms with Gasteiger partial charge in [0.1, 0.15) is 11.5 Å². The molecular formula is C20H21F3N4O6. The molecule has 0 spiro atoms. The van der Waals surface area contributed by atoms with Crippen molar-refractivity contribution in [1.82, 2.24) is 4.90 Å². The standard InChI is InChI=1S/C20H21F3N4O6/c1-32-15-3-4-18(33-2)13(9-15)12-24-5-7-25(8-6-24)19-16(26(28)29)10-14(20(21,22)23)11-17(19)27(30)31/h3-4,9-11H,5-8,12H2,1-2H3. The Balaban J connectivity index is 1.86. The molecule has 0 unspecified atom stereocenters. The van der Waals surface area contributed by atoms with Crippen LogP contribution in [0.3, 0.4) is 0 Å². The van der Waals surface area contributed by atoms with E-state index in [2.05, 4.69) is 0 Å². The molecule has 2 aromatic rings. The van der Waals surface area contributed by atoms with Crippen molar-refractivity contribution in [1.29, 1.82) is 0 Å². The molecule has 0 aromatic heterocycles. The Labute approximate surface area is 186 Å². The van der Waals surface area contributed by atoms with Gasteiger partial charge in [-0.25, -0.2) is 0 Å². The number of piperazine rings is 1. The van der Waals surface area contributed by atoms with Crippen LogP contribution in [-0.2, 0) is 12.7 Å². The van der Waals surface area contributed by atoms with Gasteiger partial charge in [0.2, 0.25) is 0 Å². The van der Waals surface area contributed by atoms with E-state index in [1.807, 2.05) is 11.0 Å². The van der Waals surface area contributed by atoms with Crippen LogP contribution >= 0.6 is 0 Å². The summed E-state index contributed by atoms with van der Waals surface area (Å²) in [6.07, 6.45) is -4.96. The molecular weight excluding hydrogens is 449 g/mol. The summed E-state index contributed by atoms with van der Waals surface area (Å²) in [7, 11) is 3.07. The van der Waals surface area contributed by atoms with Crippen molar-refractivity contribution in [3.8, 4) is 11.5 Å². The average Bonchev–Trinajstić information content (AvgIpc) is 2.78. The summed E-state index contributed by atoms with van der Waals surface area (Å²) < 4.78 is 50.0. The molecule has 13 heteroatoms. The number of halogens is 3. The number of nitro groups is 2. The van der Waals surface area contributed by atoms with E-state index in [1.165, 1.54) is 19.1 Å². The highest BCUT2D eigenvalue weighted by molar-refractivity contribution is 5.76. The monoisotopic (exact) mass is 470 g/mol. The largest absolute Gasteiger partial charge is 0.497 e. The molecule has 3 rings (SSSR count). The highest BCUT2D eigenvalue weighted by atomic mass is 19.4. The van der Waals surface area contributed by atoms with Crippen molar-refractivity contribution in [3.05, 3.63) is 61.7 Å². The van der Waals surface area contributed by atoms with Gasteiger partial charge < -0.3 is 14.4 Å². The number of hydrogen-bond donors (Lipinski definition) is 0. The first-order chi connectivity index (χ1) is 15.5. The van der Waals surface area contributed by atoms with Gasteiger partial charge in [-0.3, -0.25) is 25.1 Å². The molecule has 1 aliphatic heterocycles. The zero-order chi connectivity index (χ0) is 24.3. The molecule has 1 saturated heterocycles. The van der Waals surface area contributed by atoms with Gasteiger partial charge in [-0.2, -0.15) is 13.2 Å². The zero-order valence-corrected chi connectivity index (χ0v) is 17.8. The SMILES string of the molecule is COc1ccc(OC)c(CN2CCN(c3c([N+](=O)[O-])cc(C(F)(F)F)cc3[N+](=O)[O-])CC2)c1. The van der Waals surface area contributed by atoms with E-state index < -0.39 is 38.6 Å². The summed E-state index contributed by atoms with van der Waals surface area (Å²) in [6, 6.07) is 6.02. The van der Waals surface area contributed by atoms with Crippen LogP contribution in [-0.4, -0.2) is 55.1 Å². The van der Waals surface area contributed by atoms with Gasteiger partial charge in [-0.15, -0.1) is 0 Å². The van der Waals surface area contributed by atoms with Crippen LogP contribution in [0.25, 0.3) is 0 Å². The predicted octanol–water partition coefficient (Wildman–Crippen LogP) is 3.86. The molecule has 0 aliphatic carbocycles. The summed E-state index contributed by atoms with van der Waals surface area (Å²) in [5.74, 6) is 1.28. The molecule has 1 heterocycles. The quantitative estimate of drug-likeness (QED) is 0.443. The Morgan fingerprint density at radius 2 is 1.52 bits per heavy atom. The van der Waals surface area contributed by atoms with Gasteiger partial charge in [0, 0.05) is 50.4 Å². The molecule has 2 aromatic carbocycles. The summed E-state index contributed by atoms with van der Waals surface area (Å²) in [5, 5.41) is 23.0. The molecule has 10 nitrogen and oxygen atoms in total. The van der Waals surface area contributed by atoms with Gasteiger partial charge in [-0.1, -0.05) is 0 Å². The van der Waals surface area contributed by atoms with Gasteiger partial charge in [0.15, 0.2) is 5.69 Å². The average molecular weight is 470 g/mol. The fraction of sp³-hybridized carbons (Fsp3) is 0.400. The summed E-state index contributed by atoms with van der Waals surface area (Å²) in [6.45, 7) is 1.51. The third-order valence-electron chi connectivity index (χ3n) is 5.36. The number of benzene rings is 2. The molecule has 0 bridgehead atoms. The fourth-order valence-electron chi connectivity index (χ4n) is 3.75. The minimum atomic E-state index is -4.96. The summed E-state index contributed by atoms with van der Waals surface area (Å²) in [5.41, 5.74) is -2.90. The number of rotatable bonds is 7. The first kappa shape index (κ1) is 24.0. The summed E-state index contributed by atoms with van der Waals surface area (Å²) in [4.78, 5) is 24.4. The smallest absolute Gasteiger partial charge is 0.416 e. The van der Waals surface area contributed by atoms with Crippen LogP contribution < -0.4 is 14.4 Å². The van der Waals surface area contributed by atoms with Gasteiger partial charge in [0.25, 0.3) is 11.4 Å². The molecule has 0 amide bonds. The normalized spacial score (nSPS) is 14.8. The molecule has 0 saturated carbocycles. The second-order valence-electron chi connectivity index (χ2n) is 7.32. The lowest BCUT2D eigenvalue weighted by molar-refractivity contribution is -0.393. The van der Waals surface area contributed by atoms with Crippen molar-refractivity contribution in [2.75, 3.05) is 45.3 Å². The minimum absolute atomic E-state index is 0.152. The maximum atomic E-state index is 13.1. The topological polar surface area (TPSA) is 111 Å². The lowest BCUT2D eigenvalue weighted by Crippen LogP contribution is -2.46. The number of hydrogen-bond acceptors (Lipinski definition) is 8. The van der Waals surface area contributed by atoms with E-state index in [1.54, 1.807) is 12.1 Å². The molecule has 33 heavy (non-hydrogen) atoms. The minimum Gasteiger partial charge on any atom is -0.497 e. The Bertz CT molecular complexity index is 1020. The lowest BCUT2D eigenvalue weighted by Gasteiger charge is -2.35. The van der Waals surface area contributed by atoms with E-state index in [0.717, 1.165) is 5.56 Å². The number of alkyl halides is 3. The zero-order valence-electron chi connectivity index (χ0n) is 17.8. The molecule has 0 N–H and O–H groups in total. The Morgan fingerprint density at radius 3 is 1.97 bits per heavy atom. The third-order valence-corrected chi connectivity index (χ3v) is 5.36. The van der Waals surface area contributed by atoms with Crippen molar-refractivity contribution >= 4 is 17.1 Å². The van der Waals surface area contributed by atoms with Crippen molar-refractivity contribution in [2.24, 2.45) is 0 Å². The van der Waals surface area contributed by atoms with Crippen LogP contribution in [0.5, 0.6) is 11.5 Å². The van der Waals surface area contributed by atoms with E-state index in [0.29, 0.717) is 43.3 Å². The number of methoxy groups -OCH3 is 2. The van der Waals surface area contributed by atoms with E-state index >= 15 is 0 Å². The Morgan fingerprint density at radius 1 is 0.939 bits per heavy atom. The molecule has 0 radical (unpaired) electrons. The van der Waals surface area contributed by atoms with Crippen LogP contribution in [0.2, 0.25) is 0 Å². The van der Waals surface area contributed by atoms with E-state index in [-0.39, 0.29) is 13.1 Å². The molecule has 178 valence electrons. The van der Waals surface area contributed by atoms with Crippen LogP contribution in [0, 0.1) is 20.2 Å². The molecule has 0 atom stereocenters. The van der Waals surface area contributed by atoms with Crippen LogP contribution in [0.1, 0.15) is 11.1 Å². The predicted molar refractivity (Wildman–Crippen MR) is 112 cm³/mol. The number of anilines is 1. The van der Waals surface area contributed by atoms with Crippen LogP contribution in [0.15, 0.2) is 30.3 Å². The van der Waals surface area contributed by atoms with Crippen molar-refractivity contribution < 1.29 is 32.5 Å². The van der Waals surface area contributed by atoms with E-state index in [4.69, 9.17) is 9.47 Å². The van der Waals surface area contributed by atoms with Gasteiger partial charge >= 0.3 is 6.18 Å². The number of nitro benzene ring substituents is 2.